The van der Waals surface area contributed by atoms with E-state index in [0.29, 0.717) is 0 Å². The molecule has 0 aromatic heterocycles. The molecule has 0 amide bonds. The van der Waals surface area contributed by atoms with E-state index in [1.807, 2.05) is 13.0 Å². The van der Waals surface area contributed by atoms with E-state index in [1.54, 1.807) is 0 Å². The molecule has 1 nitrogen and oxygen atoms in total. The zero-order valence-corrected chi connectivity index (χ0v) is 11.2. The van der Waals surface area contributed by atoms with Gasteiger partial charge in [0.15, 0.2) is 0 Å². The number of benzene rings is 1. The van der Waals surface area contributed by atoms with E-state index in [9.17, 15) is 0 Å². The van der Waals surface area contributed by atoms with Crippen LogP contribution in [-0.4, -0.2) is 6.54 Å². The first kappa shape index (κ1) is 13.3. The van der Waals surface area contributed by atoms with Crippen LogP contribution in [0.1, 0.15) is 37.9 Å². The lowest BCUT2D eigenvalue weighted by molar-refractivity contribution is 0.644. The summed E-state index contributed by atoms with van der Waals surface area (Å²) in [6.07, 6.45) is 2.24. The second-order valence-corrected chi connectivity index (χ2v) is 4.70. The third-order valence-electron chi connectivity index (χ3n) is 2.47. The van der Waals surface area contributed by atoms with Gasteiger partial charge in [0.1, 0.15) is 0 Å². The second-order valence-electron chi connectivity index (χ2n) is 4.29. The largest absolute Gasteiger partial charge is 0.307 e. The third kappa shape index (κ3) is 3.66. The summed E-state index contributed by atoms with van der Waals surface area (Å²) in [7, 11) is 0. The summed E-state index contributed by atoms with van der Waals surface area (Å²) < 4.78 is 0. The normalized spacial score (nSPS) is 12.3. The lowest BCUT2D eigenvalue weighted by atomic mass is 10.0. The maximum atomic E-state index is 6.03. The number of likely N-dealkylation sites (N-methyl/N-ethyl adjacent to an activating group) is 1. The molecule has 0 radical (unpaired) electrons. The Balaban J connectivity index is 3.01. The second kappa shape index (κ2) is 6.07. The minimum atomic E-state index is 0.283. The number of hydrogen-bond acceptors (Lipinski definition) is 1. The van der Waals surface area contributed by atoms with E-state index in [1.165, 1.54) is 11.1 Å². The lowest BCUT2D eigenvalue weighted by Crippen LogP contribution is -2.19. The summed E-state index contributed by atoms with van der Waals surface area (Å²) in [5, 5.41) is 4.29. The molecule has 0 saturated heterocycles. The third-order valence-corrected chi connectivity index (χ3v) is 2.89. The Morgan fingerprint density at radius 2 is 2.12 bits per heavy atom. The molecule has 0 aliphatic heterocycles. The van der Waals surface area contributed by atoms with Gasteiger partial charge < -0.3 is 5.32 Å². The predicted molar refractivity (Wildman–Crippen MR) is 72.0 cm³/mol. The molecule has 2 heteroatoms. The van der Waals surface area contributed by atoms with E-state index in [4.69, 9.17) is 11.6 Å². The van der Waals surface area contributed by atoms with Crippen molar-refractivity contribution in [1.82, 2.24) is 5.32 Å². The van der Waals surface area contributed by atoms with Crippen molar-refractivity contribution in [3.63, 3.8) is 0 Å². The van der Waals surface area contributed by atoms with Crippen molar-refractivity contribution in [2.45, 2.75) is 33.7 Å². The highest BCUT2D eigenvalue weighted by molar-refractivity contribution is 6.31. The van der Waals surface area contributed by atoms with E-state index in [-0.39, 0.29) is 6.04 Å². The molecule has 0 heterocycles. The van der Waals surface area contributed by atoms with Crippen LogP contribution in [-0.2, 0) is 0 Å². The van der Waals surface area contributed by atoms with Crippen LogP contribution >= 0.6 is 11.6 Å². The van der Waals surface area contributed by atoms with Gasteiger partial charge in [-0.3, -0.25) is 0 Å². The van der Waals surface area contributed by atoms with Gasteiger partial charge in [-0.25, -0.2) is 0 Å². The number of aryl methyl sites for hydroxylation is 1. The fourth-order valence-electron chi connectivity index (χ4n) is 1.69. The van der Waals surface area contributed by atoms with Gasteiger partial charge in [-0.2, -0.15) is 0 Å². The van der Waals surface area contributed by atoms with Gasteiger partial charge in [0.05, 0.1) is 6.04 Å². The molecule has 1 unspecified atom stereocenters. The van der Waals surface area contributed by atoms with Gasteiger partial charge in [-0.1, -0.05) is 42.3 Å². The van der Waals surface area contributed by atoms with E-state index < -0.39 is 0 Å². The Kier molecular flexibility index (Phi) is 5.04. The smallest absolute Gasteiger partial charge is 0.0508 e. The minimum absolute atomic E-state index is 0.283. The van der Waals surface area contributed by atoms with Crippen LogP contribution in [0.3, 0.4) is 0 Å². The average Bonchev–Trinajstić information content (AvgIpc) is 2.21. The van der Waals surface area contributed by atoms with Gasteiger partial charge >= 0.3 is 0 Å². The summed E-state index contributed by atoms with van der Waals surface area (Å²) in [4.78, 5) is 0. The maximum absolute atomic E-state index is 6.03. The van der Waals surface area contributed by atoms with Crippen molar-refractivity contribution in [3.05, 3.63) is 46.0 Å². The average molecular weight is 238 g/mol. The quantitative estimate of drug-likeness (QED) is 0.772. The number of nitrogens with one attached hydrogen (secondary N) is 1. The summed E-state index contributed by atoms with van der Waals surface area (Å²) >= 11 is 6.03. The van der Waals surface area contributed by atoms with Gasteiger partial charge in [-0.15, -0.1) is 0 Å². The van der Waals surface area contributed by atoms with Gasteiger partial charge in [0, 0.05) is 5.02 Å². The van der Waals surface area contributed by atoms with Gasteiger partial charge in [-0.05, 0) is 44.5 Å². The zero-order chi connectivity index (χ0) is 12.1. The Morgan fingerprint density at radius 3 is 2.62 bits per heavy atom. The molecule has 0 spiro atoms. The lowest BCUT2D eigenvalue weighted by Gasteiger charge is -2.16. The molecule has 0 bridgehead atoms. The van der Waals surface area contributed by atoms with Crippen molar-refractivity contribution in [2.75, 3.05) is 6.54 Å². The molecule has 0 aliphatic rings. The first-order valence-electron chi connectivity index (χ1n) is 5.69. The Bertz CT molecular complexity index is 378. The number of rotatable bonds is 4. The van der Waals surface area contributed by atoms with Crippen LogP contribution in [0.15, 0.2) is 29.8 Å². The molecule has 16 heavy (non-hydrogen) atoms. The van der Waals surface area contributed by atoms with Crippen LogP contribution in [0.25, 0.3) is 0 Å². The summed E-state index contributed by atoms with van der Waals surface area (Å²) in [5.41, 5.74) is 3.72. The molecule has 1 aromatic rings. The van der Waals surface area contributed by atoms with Crippen LogP contribution in [0.2, 0.25) is 5.02 Å². The highest BCUT2D eigenvalue weighted by Crippen LogP contribution is 2.22. The molecule has 1 rings (SSSR count). The van der Waals surface area contributed by atoms with Gasteiger partial charge in [0.2, 0.25) is 0 Å². The molecule has 1 N–H and O–H groups in total. The SMILES string of the molecule is CCNC(C=C(C)C)c1ccc(Cl)c(C)c1. The van der Waals surface area contributed by atoms with Crippen LogP contribution in [0, 0.1) is 6.92 Å². The topological polar surface area (TPSA) is 12.0 Å². The number of hydrogen-bond donors (Lipinski definition) is 1. The Labute approximate surface area is 104 Å². The fraction of sp³-hybridized carbons (Fsp3) is 0.429. The standard InChI is InChI=1S/C14H20ClN/c1-5-16-14(8-10(2)3)12-6-7-13(15)11(4)9-12/h6-9,14,16H,5H2,1-4H3. The highest BCUT2D eigenvalue weighted by atomic mass is 35.5. The number of halogens is 1. The molecule has 0 saturated carbocycles. The van der Waals surface area contributed by atoms with Crippen LogP contribution in [0.5, 0.6) is 0 Å². The monoisotopic (exact) mass is 237 g/mol. The van der Waals surface area contributed by atoms with Crippen molar-refractivity contribution in [1.29, 1.82) is 0 Å². The Hall–Kier alpha value is -0.790. The molecule has 1 aromatic carbocycles. The van der Waals surface area contributed by atoms with E-state index >= 15 is 0 Å². The highest BCUT2D eigenvalue weighted by Gasteiger charge is 2.08. The Morgan fingerprint density at radius 1 is 1.44 bits per heavy atom. The van der Waals surface area contributed by atoms with Crippen molar-refractivity contribution in [2.24, 2.45) is 0 Å². The summed E-state index contributed by atoms with van der Waals surface area (Å²) in [6.45, 7) is 9.35. The van der Waals surface area contributed by atoms with Gasteiger partial charge in [0.25, 0.3) is 0 Å². The van der Waals surface area contributed by atoms with Crippen LogP contribution in [0.4, 0.5) is 0 Å². The molecule has 88 valence electrons. The van der Waals surface area contributed by atoms with E-state index in [0.717, 1.165) is 17.1 Å². The summed E-state index contributed by atoms with van der Waals surface area (Å²) in [5.74, 6) is 0. The molecule has 0 aliphatic carbocycles. The maximum Gasteiger partial charge on any atom is 0.0508 e. The molecule has 0 fully saturated rings. The van der Waals surface area contributed by atoms with Crippen LogP contribution < -0.4 is 5.32 Å². The zero-order valence-electron chi connectivity index (χ0n) is 10.5. The fourth-order valence-corrected chi connectivity index (χ4v) is 1.81. The predicted octanol–water partition coefficient (Wildman–Crippen LogP) is 4.27. The number of allylic oxidation sites excluding steroid dienone is 1. The van der Waals surface area contributed by atoms with Crippen molar-refractivity contribution < 1.29 is 0 Å². The minimum Gasteiger partial charge on any atom is -0.307 e. The van der Waals surface area contributed by atoms with Crippen molar-refractivity contribution in [3.8, 4) is 0 Å². The molecular weight excluding hydrogens is 218 g/mol. The van der Waals surface area contributed by atoms with E-state index in [2.05, 4.69) is 44.3 Å². The first-order valence-corrected chi connectivity index (χ1v) is 6.06. The molecule has 1 atom stereocenters. The molecular formula is C14H20ClN. The first-order chi connectivity index (χ1) is 7.54. The van der Waals surface area contributed by atoms with Crippen molar-refractivity contribution >= 4 is 11.6 Å². The summed E-state index contributed by atoms with van der Waals surface area (Å²) in [6, 6.07) is 6.48.